The first-order valence-corrected chi connectivity index (χ1v) is 8.99. The van der Waals surface area contributed by atoms with Gasteiger partial charge in [0.1, 0.15) is 5.60 Å². The van der Waals surface area contributed by atoms with Crippen LogP contribution in [0.15, 0.2) is 24.3 Å². The van der Waals surface area contributed by atoms with Crippen LogP contribution in [0.5, 0.6) is 0 Å². The maximum absolute atomic E-state index is 12.8. The minimum absolute atomic E-state index is 0.0753. The van der Waals surface area contributed by atoms with Crippen molar-refractivity contribution in [1.82, 2.24) is 10.2 Å². The highest BCUT2D eigenvalue weighted by atomic mass is 16.6. The van der Waals surface area contributed by atoms with Gasteiger partial charge in [-0.25, -0.2) is 9.59 Å². The SMILES string of the molecule is C[C@@H]1C[C@H](CNC(=O)OC(C)(C)C)CN1C(=O)c1ccc(NC(N)=O)cc1. The van der Waals surface area contributed by atoms with Crippen LogP contribution in [-0.2, 0) is 4.74 Å². The molecule has 1 aromatic rings. The quantitative estimate of drug-likeness (QED) is 0.749. The summed E-state index contributed by atoms with van der Waals surface area (Å²) in [5.74, 6) is 0.0974. The summed E-state index contributed by atoms with van der Waals surface area (Å²) in [6.07, 6.45) is 0.362. The molecule has 0 radical (unpaired) electrons. The summed E-state index contributed by atoms with van der Waals surface area (Å²) in [7, 11) is 0. The average Bonchev–Trinajstić information content (AvgIpc) is 2.92. The van der Waals surface area contributed by atoms with E-state index in [0.29, 0.717) is 24.3 Å². The molecule has 0 aromatic heterocycles. The van der Waals surface area contributed by atoms with Crippen molar-refractivity contribution >= 4 is 23.7 Å². The van der Waals surface area contributed by atoms with Crippen LogP contribution in [0.2, 0.25) is 0 Å². The number of anilines is 1. The van der Waals surface area contributed by atoms with Gasteiger partial charge in [-0.1, -0.05) is 0 Å². The first-order valence-electron chi connectivity index (χ1n) is 8.99. The zero-order chi connectivity index (χ0) is 20.2. The Balaban J connectivity index is 1.90. The van der Waals surface area contributed by atoms with Crippen LogP contribution in [0.25, 0.3) is 0 Å². The fourth-order valence-electron chi connectivity index (χ4n) is 3.12. The predicted octanol–water partition coefficient (Wildman–Crippen LogP) is 2.55. The molecule has 0 unspecified atom stereocenters. The number of carbonyl (C=O) groups excluding carboxylic acids is 3. The fraction of sp³-hybridized carbons (Fsp3) is 0.526. The van der Waals surface area contributed by atoms with Gasteiger partial charge in [-0.3, -0.25) is 4.79 Å². The molecule has 1 fully saturated rings. The van der Waals surface area contributed by atoms with E-state index in [-0.39, 0.29) is 17.9 Å². The standard InChI is InChI=1S/C19H28N4O4/c1-12-9-13(10-21-18(26)27-19(2,3)4)11-23(12)16(24)14-5-7-15(8-6-14)22-17(20)25/h5-8,12-13H,9-11H2,1-4H3,(H,21,26)(H3,20,22,25)/t12-,13-/m1/s1. The molecule has 1 aliphatic rings. The van der Waals surface area contributed by atoms with Crippen LogP contribution < -0.4 is 16.4 Å². The number of nitrogens with zero attached hydrogens (tertiary/aromatic N) is 1. The normalized spacial score (nSPS) is 19.5. The maximum Gasteiger partial charge on any atom is 0.407 e. The summed E-state index contributed by atoms with van der Waals surface area (Å²) in [6.45, 7) is 8.47. The smallest absolute Gasteiger partial charge is 0.407 e. The minimum atomic E-state index is -0.650. The number of urea groups is 1. The summed E-state index contributed by atoms with van der Waals surface area (Å²) < 4.78 is 5.24. The highest BCUT2D eigenvalue weighted by Gasteiger charge is 2.33. The second kappa shape index (κ2) is 8.28. The molecule has 0 saturated carbocycles. The van der Waals surface area contributed by atoms with E-state index in [1.54, 1.807) is 29.2 Å². The lowest BCUT2D eigenvalue weighted by Gasteiger charge is -2.22. The topological polar surface area (TPSA) is 114 Å². The number of ether oxygens (including phenoxy) is 1. The number of likely N-dealkylation sites (tertiary alicyclic amines) is 1. The summed E-state index contributed by atoms with van der Waals surface area (Å²) in [6, 6.07) is 6.02. The monoisotopic (exact) mass is 376 g/mol. The molecular formula is C19H28N4O4. The number of alkyl carbamates (subject to hydrolysis) is 1. The van der Waals surface area contributed by atoms with Gasteiger partial charge in [0.2, 0.25) is 0 Å². The molecule has 2 rings (SSSR count). The summed E-state index contributed by atoms with van der Waals surface area (Å²) in [5, 5.41) is 5.24. The van der Waals surface area contributed by atoms with Crippen molar-refractivity contribution in [3.63, 3.8) is 0 Å². The number of amides is 4. The van der Waals surface area contributed by atoms with Gasteiger partial charge >= 0.3 is 12.1 Å². The first kappa shape index (κ1) is 20.5. The molecule has 0 aliphatic carbocycles. The van der Waals surface area contributed by atoms with Crippen molar-refractivity contribution in [3.05, 3.63) is 29.8 Å². The van der Waals surface area contributed by atoms with Gasteiger partial charge in [-0.15, -0.1) is 0 Å². The van der Waals surface area contributed by atoms with Gasteiger partial charge in [0.25, 0.3) is 5.91 Å². The number of nitrogens with one attached hydrogen (secondary N) is 2. The Morgan fingerprint density at radius 2 is 1.85 bits per heavy atom. The molecule has 4 amide bonds. The third-order valence-electron chi connectivity index (χ3n) is 4.26. The number of nitrogens with two attached hydrogens (primary N) is 1. The molecule has 2 atom stereocenters. The van der Waals surface area contributed by atoms with E-state index in [4.69, 9.17) is 10.5 Å². The molecule has 148 valence electrons. The van der Waals surface area contributed by atoms with Crippen LogP contribution in [-0.4, -0.2) is 47.7 Å². The van der Waals surface area contributed by atoms with Crippen molar-refractivity contribution in [2.24, 2.45) is 11.7 Å². The van der Waals surface area contributed by atoms with Crippen molar-refractivity contribution in [3.8, 4) is 0 Å². The third kappa shape index (κ3) is 6.16. The second-order valence-electron chi connectivity index (χ2n) is 7.86. The van der Waals surface area contributed by atoms with E-state index in [1.165, 1.54) is 0 Å². The molecule has 1 aromatic carbocycles. The molecule has 8 nitrogen and oxygen atoms in total. The van der Waals surface area contributed by atoms with E-state index in [2.05, 4.69) is 10.6 Å². The van der Waals surface area contributed by atoms with Crippen molar-refractivity contribution in [2.45, 2.75) is 45.8 Å². The Hall–Kier alpha value is -2.77. The summed E-state index contributed by atoms with van der Waals surface area (Å²) >= 11 is 0. The van der Waals surface area contributed by atoms with Crippen LogP contribution in [0, 0.1) is 5.92 Å². The molecule has 1 saturated heterocycles. The Morgan fingerprint density at radius 1 is 1.22 bits per heavy atom. The van der Waals surface area contributed by atoms with Gasteiger partial charge in [0.05, 0.1) is 0 Å². The number of primary amides is 1. The van der Waals surface area contributed by atoms with E-state index in [0.717, 1.165) is 6.42 Å². The molecule has 1 aliphatic heterocycles. The predicted molar refractivity (Wildman–Crippen MR) is 102 cm³/mol. The average molecular weight is 376 g/mol. The lowest BCUT2D eigenvalue weighted by molar-refractivity contribution is 0.0520. The Morgan fingerprint density at radius 3 is 2.41 bits per heavy atom. The maximum atomic E-state index is 12.8. The van der Waals surface area contributed by atoms with E-state index < -0.39 is 17.7 Å². The zero-order valence-electron chi connectivity index (χ0n) is 16.2. The van der Waals surface area contributed by atoms with Gasteiger partial charge in [-0.2, -0.15) is 0 Å². The molecule has 4 N–H and O–H groups in total. The van der Waals surface area contributed by atoms with Crippen molar-refractivity contribution < 1.29 is 19.1 Å². The van der Waals surface area contributed by atoms with Gasteiger partial charge in [-0.05, 0) is 64.3 Å². The fourth-order valence-corrected chi connectivity index (χ4v) is 3.12. The zero-order valence-corrected chi connectivity index (χ0v) is 16.2. The van der Waals surface area contributed by atoms with Crippen LogP contribution in [0.1, 0.15) is 44.5 Å². The lowest BCUT2D eigenvalue weighted by atomic mass is 10.1. The lowest BCUT2D eigenvalue weighted by Crippen LogP contribution is -2.37. The number of hydrogen-bond donors (Lipinski definition) is 3. The van der Waals surface area contributed by atoms with Crippen molar-refractivity contribution in [1.29, 1.82) is 0 Å². The Kier molecular flexibility index (Phi) is 6.30. The van der Waals surface area contributed by atoms with Crippen molar-refractivity contribution in [2.75, 3.05) is 18.4 Å². The van der Waals surface area contributed by atoms with Crippen LogP contribution in [0.3, 0.4) is 0 Å². The first-order chi connectivity index (χ1) is 12.5. The Bertz CT molecular complexity index is 697. The summed E-state index contributed by atoms with van der Waals surface area (Å²) in [4.78, 5) is 37.2. The number of carbonyl (C=O) groups is 3. The van der Waals surface area contributed by atoms with E-state index >= 15 is 0 Å². The highest BCUT2D eigenvalue weighted by molar-refractivity contribution is 5.95. The number of benzene rings is 1. The van der Waals surface area contributed by atoms with E-state index in [9.17, 15) is 14.4 Å². The molecule has 0 spiro atoms. The largest absolute Gasteiger partial charge is 0.444 e. The minimum Gasteiger partial charge on any atom is -0.444 e. The third-order valence-corrected chi connectivity index (χ3v) is 4.26. The van der Waals surface area contributed by atoms with Gasteiger partial charge in [0.15, 0.2) is 0 Å². The number of rotatable bonds is 4. The molecular weight excluding hydrogens is 348 g/mol. The molecule has 8 heteroatoms. The van der Waals surface area contributed by atoms with E-state index in [1.807, 2.05) is 27.7 Å². The van der Waals surface area contributed by atoms with Crippen LogP contribution in [0.4, 0.5) is 15.3 Å². The van der Waals surface area contributed by atoms with Gasteiger partial charge in [0, 0.05) is 30.4 Å². The highest BCUT2D eigenvalue weighted by Crippen LogP contribution is 2.25. The molecule has 1 heterocycles. The molecule has 27 heavy (non-hydrogen) atoms. The Labute approximate surface area is 159 Å². The number of hydrogen-bond acceptors (Lipinski definition) is 4. The second-order valence-corrected chi connectivity index (χ2v) is 7.86. The van der Waals surface area contributed by atoms with Gasteiger partial charge < -0.3 is 26.0 Å². The molecule has 0 bridgehead atoms. The summed E-state index contributed by atoms with van der Waals surface area (Å²) in [5.41, 5.74) is 5.61. The van der Waals surface area contributed by atoms with Crippen LogP contribution >= 0.6 is 0 Å².